The van der Waals surface area contributed by atoms with E-state index in [-0.39, 0.29) is 11.8 Å². The number of nitrogens with zero attached hydrogens (tertiary/aromatic N) is 1. The minimum absolute atomic E-state index is 0.0138. The first-order chi connectivity index (χ1) is 13.3. The highest BCUT2D eigenvalue weighted by Gasteiger charge is 2.21. The standard InChI is InChI=1S/C19H27ClN4O4/c1-13(22-19(28)23-15-6-2-5-14(20)11-15)18(27)21-9-3-8-17(26)24-10-4-7-16(25)12-24/h2,5-6,11,13,16,25H,3-4,7-10,12H2,1H3,(H,21,27)(H2,22,23,28)/t13-,16?/m0/s1. The number of aliphatic hydroxyl groups is 1. The first-order valence-corrected chi connectivity index (χ1v) is 9.79. The molecular weight excluding hydrogens is 384 g/mol. The summed E-state index contributed by atoms with van der Waals surface area (Å²) in [5, 5.41) is 18.0. The van der Waals surface area contributed by atoms with Crippen molar-refractivity contribution in [3.05, 3.63) is 29.3 Å². The van der Waals surface area contributed by atoms with Crippen molar-refractivity contribution in [2.24, 2.45) is 0 Å². The summed E-state index contributed by atoms with van der Waals surface area (Å²) in [4.78, 5) is 37.8. The average Bonchev–Trinajstić information content (AvgIpc) is 2.64. The maximum Gasteiger partial charge on any atom is 0.319 e. The van der Waals surface area contributed by atoms with Crippen molar-refractivity contribution in [2.75, 3.05) is 25.0 Å². The molecule has 0 bridgehead atoms. The van der Waals surface area contributed by atoms with E-state index >= 15 is 0 Å². The van der Waals surface area contributed by atoms with Crippen LogP contribution < -0.4 is 16.0 Å². The Bertz CT molecular complexity index is 700. The van der Waals surface area contributed by atoms with E-state index in [2.05, 4.69) is 16.0 Å². The Morgan fingerprint density at radius 3 is 2.86 bits per heavy atom. The second-order valence-electron chi connectivity index (χ2n) is 6.86. The molecule has 4 N–H and O–H groups in total. The SMILES string of the molecule is C[C@H](NC(=O)Nc1cccc(Cl)c1)C(=O)NCCCC(=O)N1CCCC(O)C1. The largest absolute Gasteiger partial charge is 0.391 e. The van der Waals surface area contributed by atoms with E-state index in [0.717, 1.165) is 12.8 Å². The number of aliphatic hydroxyl groups excluding tert-OH is 1. The molecule has 1 fully saturated rings. The monoisotopic (exact) mass is 410 g/mol. The van der Waals surface area contributed by atoms with E-state index in [0.29, 0.717) is 43.2 Å². The van der Waals surface area contributed by atoms with Crippen molar-refractivity contribution in [3.8, 4) is 0 Å². The maximum atomic E-state index is 12.1. The molecule has 8 nitrogen and oxygen atoms in total. The number of rotatable bonds is 7. The summed E-state index contributed by atoms with van der Waals surface area (Å²) in [6.07, 6.45) is 1.91. The molecular formula is C19H27ClN4O4. The van der Waals surface area contributed by atoms with Crippen molar-refractivity contribution in [1.82, 2.24) is 15.5 Å². The van der Waals surface area contributed by atoms with E-state index in [9.17, 15) is 19.5 Å². The number of likely N-dealkylation sites (tertiary alicyclic amines) is 1. The van der Waals surface area contributed by atoms with E-state index in [1.54, 1.807) is 36.1 Å². The number of amides is 4. The van der Waals surface area contributed by atoms with Crippen LogP contribution in [0.15, 0.2) is 24.3 Å². The van der Waals surface area contributed by atoms with Crippen molar-refractivity contribution in [2.45, 2.75) is 44.8 Å². The molecule has 1 unspecified atom stereocenters. The van der Waals surface area contributed by atoms with Gasteiger partial charge in [0.1, 0.15) is 6.04 Å². The summed E-state index contributed by atoms with van der Waals surface area (Å²) < 4.78 is 0. The van der Waals surface area contributed by atoms with Crippen LogP contribution in [0.25, 0.3) is 0 Å². The summed E-state index contributed by atoms with van der Waals surface area (Å²) in [6.45, 7) is 2.97. The van der Waals surface area contributed by atoms with Gasteiger partial charge in [0.05, 0.1) is 6.10 Å². The molecule has 1 aromatic rings. The number of nitrogens with one attached hydrogen (secondary N) is 3. The first kappa shape index (κ1) is 22.0. The Balaban J connectivity index is 1.63. The Labute approximate surface area is 169 Å². The molecule has 1 heterocycles. The number of hydrogen-bond acceptors (Lipinski definition) is 4. The van der Waals surface area contributed by atoms with Crippen molar-refractivity contribution >= 4 is 35.1 Å². The fourth-order valence-corrected chi connectivity index (χ4v) is 3.13. The van der Waals surface area contributed by atoms with Crippen LogP contribution in [-0.2, 0) is 9.59 Å². The number of urea groups is 1. The summed E-state index contributed by atoms with van der Waals surface area (Å²) in [5.74, 6) is -0.345. The molecule has 1 aliphatic rings. The summed E-state index contributed by atoms with van der Waals surface area (Å²) in [5.41, 5.74) is 0.527. The smallest absolute Gasteiger partial charge is 0.319 e. The third-order valence-electron chi connectivity index (χ3n) is 4.44. The Morgan fingerprint density at radius 2 is 2.14 bits per heavy atom. The number of hydrogen-bond donors (Lipinski definition) is 4. The molecule has 0 saturated carbocycles. The van der Waals surface area contributed by atoms with Gasteiger partial charge < -0.3 is 26.0 Å². The zero-order valence-corrected chi connectivity index (χ0v) is 16.7. The van der Waals surface area contributed by atoms with Crippen LogP contribution in [0.1, 0.15) is 32.6 Å². The molecule has 28 heavy (non-hydrogen) atoms. The second-order valence-corrected chi connectivity index (χ2v) is 7.30. The molecule has 1 aliphatic heterocycles. The number of piperidine rings is 1. The molecule has 2 rings (SSSR count). The van der Waals surface area contributed by atoms with Gasteiger partial charge in [-0.15, -0.1) is 0 Å². The molecule has 0 aliphatic carbocycles. The van der Waals surface area contributed by atoms with E-state index in [1.807, 2.05) is 0 Å². The molecule has 0 spiro atoms. The van der Waals surface area contributed by atoms with Gasteiger partial charge in [-0.2, -0.15) is 0 Å². The van der Waals surface area contributed by atoms with Gasteiger partial charge in [0.15, 0.2) is 0 Å². The minimum atomic E-state index is -0.730. The fraction of sp³-hybridized carbons (Fsp3) is 0.526. The summed E-state index contributed by atoms with van der Waals surface area (Å²) in [7, 11) is 0. The van der Waals surface area contributed by atoms with Gasteiger partial charge in [-0.05, 0) is 44.4 Å². The summed E-state index contributed by atoms with van der Waals surface area (Å²) in [6, 6.07) is 5.45. The Kier molecular flexibility index (Phi) is 8.53. The van der Waals surface area contributed by atoms with E-state index in [4.69, 9.17) is 11.6 Å². The van der Waals surface area contributed by atoms with Crippen molar-refractivity contribution < 1.29 is 19.5 Å². The van der Waals surface area contributed by atoms with E-state index in [1.165, 1.54) is 0 Å². The molecule has 4 amide bonds. The lowest BCUT2D eigenvalue weighted by Crippen LogP contribution is -2.46. The third kappa shape index (κ3) is 7.36. The zero-order valence-electron chi connectivity index (χ0n) is 15.9. The predicted molar refractivity (Wildman–Crippen MR) is 107 cm³/mol. The zero-order chi connectivity index (χ0) is 20.5. The first-order valence-electron chi connectivity index (χ1n) is 9.42. The molecule has 9 heteroatoms. The average molecular weight is 411 g/mol. The van der Waals surface area contributed by atoms with Crippen LogP contribution in [0.4, 0.5) is 10.5 Å². The maximum absolute atomic E-state index is 12.1. The number of anilines is 1. The highest BCUT2D eigenvalue weighted by atomic mass is 35.5. The van der Waals surface area contributed by atoms with Crippen LogP contribution >= 0.6 is 11.6 Å². The molecule has 1 saturated heterocycles. The quantitative estimate of drug-likeness (QED) is 0.513. The minimum Gasteiger partial charge on any atom is -0.391 e. The van der Waals surface area contributed by atoms with Crippen LogP contribution in [0, 0.1) is 0 Å². The van der Waals surface area contributed by atoms with Gasteiger partial charge in [-0.3, -0.25) is 9.59 Å². The van der Waals surface area contributed by atoms with Gasteiger partial charge in [0, 0.05) is 36.8 Å². The van der Waals surface area contributed by atoms with Gasteiger partial charge in [0.2, 0.25) is 11.8 Å². The highest BCUT2D eigenvalue weighted by molar-refractivity contribution is 6.30. The van der Waals surface area contributed by atoms with Crippen LogP contribution in [0.2, 0.25) is 5.02 Å². The van der Waals surface area contributed by atoms with Crippen LogP contribution in [-0.4, -0.2) is 59.6 Å². The third-order valence-corrected chi connectivity index (χ3v) is 4.67. The fourth-order valence-electron chi connectivity index (χ4n) is 2.94. The molecule has 2 atom stereocenters. The lowest BCUT2D eigenvalue weighted by molar-refractivity contribution is -0.134. The van der Waals surface area contributed by atoms with Crippen molar-refractivity contribution in [1.29, 1.82) is 0 Å². The second kappa shape index (κ2) is 10.9. The van der Waals surface area contributed by atoms with Gasteiger partial charge in [-0.25, -0.2) is 4.79 Å². The normalized spacial score (nSPS) is 17.5. The lowest BCUT2D eigenvalue weighted by atomic mass is 10.1. The van der Waals surface area contributed by atoms with Crippen LogP contribution in [0.5, 0.6) is 0 Å². The number of carbonyl (C=O) groups excluding carboxylic acids is 3. The summed E-state index contributed by atoms with van der Waals surface area (Å²) >= 11 is 5.86. The van der Waals surface area contributed by atoms with Gasteiger partial charge >= 0.3 is 6.03 Å². The lowest BCUT2D eigenvalue weighted by Gasteiger charge is -2.30. The topological polar surface area (TPSA) is 111 Å². The molecule has 1 aromatic carbocycles. The highest BCUT2D eigenvalue weighted by Crippen LogP contribution is 2.14. The predicted octanol–water partition coefficient (Wildman–Crippen LogP) is 1.73. The van der Waals surface area contributed by atoms with Crippen LogP contribution in [0.3, 0.4) is 0 Å². The van der Waals surface area contributed by atoms with Gasteiger partial charge in [-0.1, -0.05) is 17.7 Å². The van der Waals surface area contributed by atoms with Gasteiger partial charge in [0.25, 0.3) is 0 Å². The molecule has 0 radical (unpaired) electrons. The number of carbonyl (C=O) groups is 3. The van der Waals surface area contributed by atoms with Crippen molar-refractivity contribution in [3.63, 3.8) is 0 Å². The molecule has 0 aromatic heterocycles. The number of β-amino-alcohol motifs (C(OH)–C–C–N with tert-alkyl or cyclic N) is 1. The Morgan fingerprint density at radius 1 is 1.36 bits per heavy atom. The number of benzene rings is 1. The van der Waals surface area contributed by atoms with E-state index < -0.39 is 18.2 Å². The Hall–Kier alpha value is -2.32. The number of halogens is 1. The molecule has 154 valence electrons.